The Morgan fingerprint density at radius 1 is 0.750 bits per heavy atom. The molecule has 0 unspecified atom stereocenters. The van der Waals surface area contributed by atoms with E-state index in [0.29, 0.717) is 42.8 Å². The number of benzene rings is 3. The van der Waals surface area contributed by atoms with Gasteiger partial charge in [-0.1, -0.05) is 60.2 Å². The third-order valence-electron chi connectivity index (χ3n) is 6.29. The van der Waals surface area contributed by atoms with Crippen LogP contribution in [0.25, 0.3) is 11.1 Å². The average molecular weight is 500 g/mol. The number of rotatable bonds is 6. The van der Waals surface area contributed by atoms with Crippen molar-refractivity contribution in [2.45, 2.75) is 18.7 Å². The number of nitrogens with zero attached hydrogens (tertiary/aromatic N) is 4. The number of nitrogens with one attached hydrogen (secondary N) is 1. The van der Waals surface area contributed by atoms with Gasteiger partial charge in [0.15, 0.2) is 0 Å². The van der Waals surface area contributed by atoms with Gasteiger partial charge in [-0.05, 0) is 49.2 Å². The molecule has 1 aromatic heterocycles. The van der Waals surface area contributed by atoms with E-state index in [0.717, 1.165) is 22.5 Å². The lowest BCUT2D eigenvalue weighted by Crippen LogP contribution is -2.49. The van der Waals surface area contributed by atoms with Crippen molar-refractivity contribution in [2.24, 2.45) is 0 Å². The van der Waals surface area contributed by atoms with E-state index in [9.17, 15) is 8.42 Å². The maximum absolute atomic E-state index is 13.0. The van der Waals surface area contributed by atoms with E-state index in [2.05, 4.69) is 34.6 Å². The number of hydrogen-bond acceptors (Lipinski definition) is 6. The van der Waals surface area contributed by atoms with Gasteiger partial charge in [0.1, 0.15) is 5.82 Å². The van der Waals surface area contributed by atoms with Crippen LogP contribution >= 0.6 is 0 Å². The molecule has 0 saturated carbocycles. The van der Waals surface area contributed by atoms with Gasteiger partial charge >= 0.3 is 0 Å². The first-order valence-electron chi connectivity index (χ1n) is 12.0. The van der Waals surface area contributed by atoms with Crippen LogP contribution in [-0.2, 0) is 10.0 Å². The van der Waals surface area contributed by atoms with Crippen molar-refractivity contribution in [3.8, 4) is 11.1 Å². The van der Waals surface area contributed by atoms with E-state index in [-0.39, 0.29) is 0 Å². The van der Waals surface area contributed by atoms with E-state index >= 15 is 0 Å². The van der Waals surface area contributed by atoms with Gasteiger partial charge in [-0.3, -0.25) is 0 Å². The molecule has 3 aromatic carbocycles. The van der Waals surface area contributed by atoms with Crippen LogP contribution in [0, 0.1) is 13.8 Å². The van der Waals surface area contributed by atoms with Crippen molar-refractivity contribution < 1.29 is 8.42 Å². The Labute approximate surface area is 212 Å². The minimum absolute atomic E-state index is 0.332. The van der Waals surface area contributed by atoms with Crippen LogP contribution in [0.2, 0.25) is 0 Å². The van der Waals surface area contributed by atoms with E-state index < -0.39 is 10.0 Å². The normalized spacial score (nSPS) is 14.6. The molecule has 1 aliphatic heterocycles. The van der Waals surface area contributed by atoms with Crippen LogP contribution < -0.4 is 10.2 Å². The van der Waals surface area contributed by atoms with Gasteiger partial charge in [0.05, 0.1) is 4.90 Å². The minimum atomic E-state index is -3.51. The van der Waals surface area contributed by atoms with E-state index in [1.54, 1.807) is 12.1 Å². The smallest absolute Gasteiger partial charge is 0.243 e. The highest BCUT2D eigenvalue weighted by atomic mass is 32.2. The second kappa shape index (κ2) is 10.1. The highest BCUT2D eigenvalue weighted by Crippen LogP contribution is 2.25. The summed E-state index contributed by atoms with van der Waals surface area (Å²) in [5.74, 6) is 1.31. The molecule has 5 rings (SSSR count). The van der Waals surface area contributed by atoms with Gasteiger partial charge in [-0.25, -0.2) is 13.4 Å². The number of sulfonamides is 1. The second-order valence-electron chi connectivity index (χ2n) is 8.97. The number of anilines is 3. The maximum atomic E-state index is 13.0. The van der Waals surface area contributed by atoms with Crippen LogP contribution in [0.3, 0.4) is 0 Å². The summed E-state index contributed by atoms with van der Waals surface area (Å²) in [7, 11) is -3.51. The van der Waals surface area contributed by atoms with Crippen LogP contribution in [0.5, 0.6) is 0 Å². The van der Waals surface area contributed by atoms with Crippen molar-refractivity contribution in [3.63, 3.8) is 0 Å². The molecule has 1 saturated heterocycles. The van der Waals surface area contributed by atoms with Crippen LogP contribution in [0.4, 0.5) is 17.5 Å². The van der Waals surface area contributed by atoms with Gasteiger partial charge in [0.25, 0.3) is 0 Å². The molecule has 36 heavy (non-hydrogen) atoms. The molecule has 2 heterocycles. The standard InChI is InChI=1S/C28H29N5O2S/c1-21-8-14-26(15-9-21)36(34,35)33-18-16-32(17-19-33)28-29-22(2)20-27(31-28)30-25-12-10-24(11-13-25)23-6-4-3-5-7-23/h3-15,20H,16-19H2,1-2H3,(H,29,30,31). The third-order valence-corrected chi connectivity index (χ3v) is 8.20. The Morgan fingerprint density at radius 3 is 2.06 bits per heavy atom. The monoisotopic (exact) mass is 499 g/mol. The van der Waals surface area contributed by atoms with Crippen LogP contribution in [0.1, 0.15) is 11.3 Å². The second-order valence-corrected chi connectivity index (χ2v) is 10.9. The Balaban J connectivity index is 1.26. The fourth-order valence-corrected chi connectivity index (χ4v) is 5.69. The molecular formula is C28H29N5O2S. The fraction of sp³-hybridized carbons (Fsp3) is 0.214. The molecule has 0 spiro atoms. The zero-order valence-corrected chi connectivity index (χ0v) is 21.2. The number of hydrogen-bond donors (Lipinski definition) is 1. The summed E-state index contributed by atoms with van der Waals surface area (Å²) in [6.45, 7) is 5.71. The summed E-state index contributed by atoms with van der Waals surface area (Å²) in [6.07, 6.45) is 0. The topological polar surface area (TPSA) is 78.4 Å². The Bertz CT molecular complexity index is 1430. The molecular weight excluding hydrogens is 470 g/mol. The van der Waals surface area contributed by atoms with Gasteiger partial charge in [0, 0.05) is 43.6 Å². The highest BCUT2D eigenvalue weighted by molar-refractivity contribution is 7.89. The van der Waals surface area contributed by atoms with Crippen LogP contribution in [0.15, 0.2) is 89.8 Å². The Kier molecular flexibility index (Phi) is 6.71. The van der Waals surface area contributed by atoms with Crippen molar-refractivity contribution in [1.29, 1.82) is 0 Å². The highest BCUT2D eigenvalue weighted by Gasteiger charge is 2.29. The van der Waals surface area contributed by atoms with Crippen molar-refractivity contribution in [3.05, 3.63) is 96.2 Å². The molecule has 0 bridgehead atoms. The van der Waals surface area contributed by atoms with Crippen molar-refractivity contribution in [2.75, 3.05) is 36.4 Å². The quantitative estimate of drug-likeness (QED) is 0.402. The zero-order valence-electron chi connectivity index (χ0n) is 20.4. The molecule has 7 nitrogen and oxygen atoms in total. The van der Waals surface area contributed by atoms with Gasteiger partial charge in [-0.15, -0.1) is 0 Å². The van der Waals surface area contributed by atoms with Gasteiger partial charge < -0.3 is 10.2 Å². The molecule has 184 valence electrons. The largest absolute Gasteiger partial charge is 0.340 e. The maximum Gasteiger partial charge on any atom is 0.243 e. The van der Waals surface area contributed by atoms with Gasteiger partial charge in [0.2, 0.25) is 16.0 Å². The molecule has 8 heteroatoms. The summed E-state index contributed by atoms with van der Waals surface area (Å²) in [6, 6.07) is 27.4. The molecule has 1 fully saturated rings. The lowest BCUT2D eigenvalue weighted by Gasteiger charge is -2.34. The Hall–Kier alpha value is -3.75. The first-order valence-corrected chi connectivity index (χ1v) is 13.4. The lowest BCUT2D eigenvalue weighted by atomic mass is 10.1. The summed E-state index contributed by atoms with van der Waals surface area (Å²) >= 11 is 0. The molecule has 0 radical (unpaired) electrons. The third kappa shape index (κ3) is 5.24. The zero-order chi connectivity index (χ0) is 25.1. The number of piperazine rings is 1. The molecule has 4 aromatic rings. The molecule has 0 amide bonds. The molecule has 1 N–H and O–H groups in total. The summed E-state index contributed by atoms with van der Waals surface area (Å²) in [5, 5.41) is 3.38. The lowest BCUT2D eigenvalue weighted by molar-refractivity contribution is 0.382. The van der Waals surface area contributed by atoms with E-state index in [1.807, 2.05) is 67.3 Å². The van der Waals surface area contributed by atoms with Crippen molar-refractivity contribution in [1.82, 2.24) is 14.3 Å². The minimum Gasteiger partial charge on any atom is -0.340 e. The molecule has 0 atom stereocenters. The van der Waals surface area contributed by atoms with E-state index in [4.69, 9.17) is 4.98 Å². The predicted molar refractivity (Wildman–Crippen MR) is 144 cm³/mol. The molecule has 1 aliphatic rings. The number of aromatic nitrogens is 2. The van der Waals surface area contributed by atoms with Gasteiger partial charge in [-0.2, -0.15) is 9.29 Å². The fourth-order valence-electron chi connectivity index (χ4n) is 4.27. The molecule has 0 aliphatic carbocycles. The van der Waals surface area contributed by atoms with Crippen LogP contribution in [-0.4, -0.2) is 48.9 Å². The summed E-state index contributed by atoms with van der Waals surface area (Å²) < 4.78 is 27.6. The SMILES string of the molecule is Cc1ccc(S(=O)(=O)N2CCN(c3nc(C)cc(Nc4ccc(-c5ccccc5)cc4)n3)CC2)cc1. The predicted octanol–water partition coefficient (Wildman–Crippen LogP) is 5.01. The first-order chi connectivity index (χ1) is 17.4. The first kappa shape index (κ1) is 24.0. The number of aryl methyl sites for hydroxylation is 2. The summed E-state index contributed by atoms with van der Waals surface area (Å²) in [5.41, 5.74) is 5.14. The summed E-state index contributed by atoms with van der Waals surface area (Å²) in [4.78, 5) is 11.7. The van der Waals surface area contributed by atoms with E-state index in [1.165, 1.54) is 9.87 Å². The Morgan fingerprint density at radius 2 is 1.39 bits per heavy atom. The average Bonchev–Trinajstić information content (AvgIpc) is 2.90. The van der Waals surface area contributed by atoms with Crippen molar-refractivity contribution >= 4 is 27.5 Å².